The molecule has 0 amide bonds. The van der Waals surface area contributed by atoms with Gasteiger partial charge in [0.25, 0.3) is 0 Å². The molecule has 1 fully saturated rings. The topological polar surface area (TPSA) is 138 Å². The van der Waals surface area contributed by atoms with Gasteiger partial charge in [0, 0.05) is 6.61 Å². The Labute approximate surface area is 199 Å². The van der Waals surface area contributed by atoms with E-state index in [9.17, 15) is 25.5 Å². The molecule has 0 aromatic heterocycles. The number of rotatable bonds is 21. The monoisotopic (exact) mass is 480 g/mol. The Morgan fingerprint density at radius 1 is 0.424 bits per heavy atom. The fourth-order valence-corrected chi connectivity index (χ4v) is 3.87. The van der Waals surface area contributed by atoms with Crippen LogP contribution in [0.1, 0.15) is 71.1 Å². The molecule has 198 valence electrons. The maximum Gasteiger partial charge on any atom is 0.115 e. The quantitative estimate of drug-likeness (QED) is 0.153. The maximum atomic E-state index is 9.88. The van der Waals surface area contributed by atoms with Gasteiger partial charge in [-0.3, -0.25) is 0 Å². The van der Waals surface area contributed by atoms with Crippen LogP contribution in [-0.2, 0) is 18.9 Å². The normalized spacial score (nSPS) is 27.8. The van der Waals surface area contributed by atoms with Gasteiger partial charge in [-0.25, -0.2) is 0 Å². The lowest BCUT2D eigenvalue weighted by Gasteiger charge is -2.41. The van der Waals surface area contributed by atoms with Crippen molar-refractivity contribution in [1.29, 1.82) is 0 Å². The van der Waals surface area contributed by atoms with E-state index in [0.717, 1.165) is 13.0 Å². The van der Waals surface area contributed by atoms with Gasteiger partial charge in [0.2, 0.25) is 0 Å². The van der Waals surface area contributed by atoms with Gasteiger partial charge in [0.15, 0.2) is 0 Å². The molecular weight excluding hydrogens is 432 g/mol. The predicted molar refractivity (Wildman–Crippen MR) is 124 cm³/mol. The van der Waals surface area contributed by atoms with Crippen LogP contribution in [0.4, 0.5) is 0 Å². The van der Waals surface area contributed by atoms with Gasteiger partial charge in [-0.2, -0.15) is 0 Å². The van der Waals surface area contributed by atoms with Crippen LogP contribution in [0.3, 0.4) is 0 Å². The number of ether oxygens (including phenoxy) is 4. The van der Waals surface area contributed by atoms with Crippen molar-refractivity contribution in [3.05, 3.63) is 0 Å². The van der Waals surface area contributed by atoms with Crippen LogP contribution in [0.25, 0.3) is 0 Å². The SMILES string of the molecule is CCCCCCCCCCCCOCCOCCOCCOC1[C@H](O)[C@H](O)C(O)[C@H](O)[C@H]1O. The van der Waals surface area contributed by atoms with Crippen LogP contribution in [0.5, 0.6) is 0 Å². The molecule has 0 bridgehead atoms. The molecule has 6 atom stereocenters. The Kier molecular flexibility index (Phi) is 18.5. The van der Waals surface area contributed by atoms with E-state index in [4.69, 9.17) is 18.9 Å². The zero-order valence-corrected chi connectivity index (χ0v) is 20.4. The lowest BCUT2D eigenvalue weighted by molar-refractivity contribution is -0.237. The van der Waals surface area contributed by atoms with Crippen molar-refractivity contribution in [1.82, 2.24) is 0 Å². The van der Waals surface area contributed by atoms with E-state index in [2.05, 4.69) is 6.92 Å². The number of aliphatic hydroxyl groups excluding tert-OH is 5. The summed E-state index contributed by atoms with van der Waals surface area (Å²) in [6.07, 6.45) is 4.10. The summed E-state index contributed by atoms with van der Waals surface area (Å²) >= 11 is 0. The van der Waals surface area contributed by atoms with Gasteiger partial charge >= 0.3 is 0 Å². The Bertz CT molecular complexity index is 424. The third-order valence-electron chi connectivity index (χ3n) is 6.00. The summed E-state index contributed by atoms with van der Waals surface area (Å²) in [5.41, 5.74) is 0. The van der Waals surface area contributed by atoms with E-state index in [0.29, 0.717) is 26.4 Å². The third kappa shape index (κ3) is 13.3. The second-order valence-electron chi connectivity index (χ2n) is 8.81. The van der Waals surface area contributed by atoms with Gasteiger partial charge < -0.3 is 44.5 Å². The van der Waals surface area contributed by atoms with E-state index in [-0.39, 0.29) is 13.2 Å². The van der Waals surface area contributed by atoms with Crippen molar-refractivity contribution in [3.63, 3.8) is 0 Å². The summed E-state index contributed by atoms with van der Waals surface area (Å²) in [4.78, 5) is 0. The molecule has 2 unspecified atom stereocenters. The van der Waals surface area contributed by atoms with E-state index in [1.54, 1.807) is 0 Å². The molecule has 33 heavy (non-hydrogen) atoms. The fourth-order valence-electron chi connectivity index (χ4n) is 3.87. The molecular formula is C24H48O9. The molecule has 0 radical (unpaired) electrons. The van der Waals surface area contributed by atoms with E-state index in [1.807, 2.05) is 0 Å². The Morgan fingerprint density at radius 2 is 0.788 bits per heavy atom. The summed E-state index contributed by atoms with van der Waals surface area (Å²) in [5.74, 6) is 0. The first-order chi connectivity index (χ1) is 16.0. The molecule has 0 aromatic rings. The van der Waals surface area contributed by atoms with Crippen molar-refractivity contribution in [2.75, 3.05) is 46.2 Å². The molecule has 1 aliphatic rings. The minimum atomic E-state index is -1.62. The molecule has 5 N–H and O–H groups in total. The summed E-state index contributed by atoms with van der Waals surface area (Å²) < 4.78 is 21.7. The first-order valence-electron chi connectivity index (χ1n) is 12.8. The summed E-state index contributed by atoms with van der Waals surface area (Å²) in [5, 5.41) is 48.6. The lowest BCUT2D eigenvalue weighted by atomic mass is 9.85. The van der Waals surface area contributed by atoms with Crippen molar-refractivity contribution >= 4 is 0 Å². The first kappa shape index (κ1) is 30.7. The van der Waals surface area contributed by atoms with Gasteiger partial charge in [0.05, 0.1) is 39.6 Å². The highest BCUT2D eigenvalue weighted by Gasteiger charge is 2.48. The molecule has 9 heteroatoms. The van der Waals surface area contributed by atoms with Crippen molar-refractivity contribution in [2.45, 2.75) is 108 Å². The standard InChI is InChI=1S/C24H48O9/c1-2-3-4-5-6-7-8-9-10-11-12-30-13-14-31-15-16-32-17-18-33-24-22(28)20(26)19(25)21(27)23(24)29/h19-29H,2-18H2,1H3/t19?,20-,21+,22-,23-,24?/m1/s1. The van der Waals surface area contributed by atoms with Crippen LogP contribution in [0, 0.1) is 0 Å². The number of unbranched alkanes of at least 4 members (excludes halogenated alkanes) is 9. The summed E-state index contributed by atoms with van der Waals surface area (Å²) in [7, 11) is 0. The molecule has 0 aromatic carbocycles. The second-order valence-corrected chi connectivity index (χ2v) is 8.81. The maximum absolute atomic E-state index is 9.88. The van der Waals surface area contributed by atoms with Gasteiger partial charge in [-0.05, 0) is 6.42 Å². The Morgan fingerprint density at radius 3 is 1.27 bits per heavy atom. The molecule has 0 heterocycles. The number of hydrogen-bond donors (Lipinski definition) is 5. The second kappa shape index (κ2) is 19.9. The molecule has 0 saturated heterocycles. The summed E-state index contributed by atoms with van der Waals surface area (Å²) in [6, 6.07) is 0. The van der Waals surface area contributed by atoms with Crippen LogP contribution < -0.4 is 0 Å². The summed E-state index contributed by atoms with van der Waals surface area (Å²) in [6.45, 7) is 5.12. The molecule has 9 nitrogen and oxygen atoms in total. The smallest absolute Gasteiger partial charge is 0.115 e. The highest BCUT2D eigenvalue weighted by Crippen LogP contribution is 2.23. The van der Waals surface area contributed by atoms with E-state index < -0.39 is 36.6 Å². The number of aliphatic hydroxyl groups is 5. The highest BCUT2D eigenvalue weighted by molar-refractivity contribution is 4.99. The average Bonchev–Trinajstić information content (AvgIpc) is 2.82. The molecule has 1 aliphatic carbocycles. The van der Waals surface area contributed by atoms with E-state index >= 15 is 0 Å². The van der Waals surface area contributed by atoms with Gasteiger partial charge in [0.1, 0.15) is 36.6 Å². The van der Waals surface area contributed by atoms with Crippen LogP contribution in [0.2, 0.25) is 0 Å². The lowest BCUT2D eigenvalue weighted by Crippen LogP contribution is -2.64. The zero-order chi connectivity index (χ0) is 24.3. The van der Waals surface area contributed by atoms with Gasteiger partial charge in [-0.15, -0.1) is 0 Å². The molecule has 1 rings (SSSR count). The zero-order valence-electron chi connectivity index (χ0n) is 20.4. The fraction of sp³-hybridized carbons (Fsp3) is 1.00. The Balaban J connectivity index is 1.82. The van der Waals surface area contributed by atoms with Crippen molar-refractivity contribution in [2.24, 2.45) is 0 Å². The van der Waals surface area contributed by atoms with Crippen LogP contribution in [0.15, 0.2) is 0 Å². The van der Waals surface area contributed by atoms with E-state index in [1.165, 1.54) is 57.8 Å². The molecule has 0 spiro atoms. The third-order valence-corrected chi connectivity index (χ3v) is 6.00. The van der Waals surface area contributed by atoms with Crippen molar-refractivity contribution < 1.29 is 44.5 Å². The first-order valence-corrected chi connectivity index (χ1v) is 12.8. The molecule has 0 aliphatic heterocycles. The average molecular weight is 481 g/mol. The van der Waals surface area contributed by atoms with Gasteiger partial charge in [-0.1, -0.05) is 64.7 Å². The minimum absolute atomic E-state index is 0.0519. The predicted octanol–water partition coefficient (Wildman–Crippen LogP) is 1.16. The number of hydrogen-bond acceptors (Lipinski definition) is 9. The Hall–Kier alpha value is -0.360. The molecule has 1 saturated carbocycles. The van der Waals surface area contributed by atoms with Crippen LogP contribution in [-0.4, -0.2) is 108 Å². The largest absolute Gasteiger partial charge is 0.387 e. The van der Waals surface area contributed by atoms with Crippen molar-refractivity contribution in [3.8, 4) is 0 Å². The van der Waals surface area contributed by atoms with Crippen LogP contribution >= 0.6 is 0 Å². The highest BCUT2D eigenvalue weighted by atomic mass is 16.6. The minimum Gasteiger partial charge on any atom is -0.387 e.